The molecule has 0 fully saturated rings. The molecular weight excluding hydrogens is 210 g/mol. The highest BCUT2D eigenvalue weighted by Gasteiger charge is 2.25. The molecule has 0 spiro atoms. The van der Waals surface area contributed by atoms with Crippen LogP contribution in [0.1, 0.15) is 6.92 Å². The summed E-state index contributed by atoms with van der Waals surface area (Å²) in [6.07, 6.45) is -1.10. The number of amides is 1. The molecule has 0 aromatic carbocycles. The van der Waals surface area contributed by atoms with Crippen LogP contribution in [-0.2, 0) is 14.9 Å². The van der Waals surface area contributed by atoms with Crippen LogP contribution in [0.4, 0.5) is 4.79 Å². The lowest BCUT2D eigenvalue weighted by Gasteiger charge is -2.18. The van der Waals surface area contributed by atoms with Gasteiger partial charge < -0.3 is 4.74 Å². The maximum absolute atomic E-state index is 11.3. The summed E-state index contributed by atoms with van der Waals surface area (Å²) in [5, 5.41) is 8.46. The molecule has 0 aromatic rings. The third kappa shape index (κ3) is 3.20. The Hall–Kier alpha value is -1.33. The monoisotopic (exact) mass is 221 g/mol. The molecular formula is C6H11N3O4S. The Bertz CT molecular complexity index is 345. The van der Waals surface area contributed by atoms with Gasteiger partial charge in [-0.3, -0.25) is 0 Å². The van der Waals surface area contributed by atoms with E-state index in [-0.39, 0.29) is 0 Å². The maximum Gasteiger partial charge on any atom is 0.421 e. The minimum Gasteiger partial charge on any atom is -0.452 e. The number of nitrogens with zero attached hydrogens (tertiary/aromatic N) is 2. The van der Waals surface area contributed by atoms with Gasteiger partial charge in [-0.2, -0.15) is 18.0 Å². The molecule has 7 nitrogen and oxygen atoms in total. The van der Waals surface area contributed by atoms with Gasteiger partial charge in [0.25, 0.3) is 0 Å². The number of hydrogen-bond donors (Lipinski definition) is 1. The fourth-order valence-corrected chi connectivity index (χ4v) is 1.41. The molecule has 0 rings (SSSR count). The molecule has 0 aromatic heterocycles. The highest BCUT2D eigenvalue weighted by Crippen LogP contribution is 2.00. The fraction of sp³-hybridized carbons (Fsp3) is 0.667. The largest absolute Gasteiger partial charge is 0.452 e. The van der Waals surface area contributed by atoms with E-state index in [1.807, 2.05) is 0 Å². The lowest BCUT2D eigenvalue weighted by atomic mass is 10.4. The zero-order valence-electron chi connectivity index (χ0n) is 8.01. The van der Waals surface area contributed by atoms with Gasteiger partial charge in [-0.1, -0.05) is 0 Å². The Labute approximate surface area is 82.4 Å². The van der Waals surface area contributed by atoms with Gasteiger partial charge in [0.05, 0.1) is 13.2 Å². The van der Waals surface area contributed by atoms with E-state index in [4.69, 9.17) is 5.26 Å². The molecule has 0 aliphatic heterocycles. The lowest BCUT2D eigenvalue weighted by molar-refractivity contribution is 0.177. The summed E-state index contributed by atoms with van der Waals surface area (Å²) in [6.45, 7) is 1.39. The Morgan fingerprint density at radius 3 is 2.50 bits per heavy atom. The van der Waals surface area contributed by atoms with E-state index in [9.17, 15) is 13.2 Å². The van der Waals surface area contributed by atoms with Gasteiger partial charge in [-0.25, -0.2) is 9.52 Å². The van der Waals surface area contributed by atoms with Crippen molar-refractivity contribution >= 4 is 16.3 Å². The van der Waals surface area contributed by atoms with Crippen molar-refractivity contribution in [1.29, 1.82) is 5.26 Å². The lowest BCUT2D eigenvalue weighted by Crippen LogP contribution is -2.44. The van der Waals surface area contributed by atoms with Crippen LogP contribution < -0.4 is 4.72 Å². The van der Waals surface area contributed by atoms with Gasteiger partial charge >= 0.3 is 16.3 Å². The summed E-state index contributed by atoms with van der Waals surface area (Å²) in [5.74, 6) is 0. The van der Waals surface area contributed by atoms with Crippen molar-refractivity contribution in [2.45, 2.75) is 13.0 Å². The molecule has 1 unspecified atom stereocenters. The summed E-state index contributed by atoms with van der Waals surface area (Å²) in [5.41, 5.74) is 0. The summed E-state index contributed by atoms with van der Waals surface area (Å²) in [4.78, 5) is 10.6. The zero-order valence-corrected chi connectivity index (χ0v) is 8.83. The van der Waals surface area contributed by atoms with E-state index in [0.29, 0.717) is 0 Å². The first kappa shape index (κ1) is 12.7. The van der Waals surface area contributed by atoms with Crippen molar-refractivity contribution in [2.24, 2.45) is 0 Å². The molecule has 0 aliphatic carbocycles. The van der Waals surface area contributed by atoms with Crippen LogP contribution in [0, 0.1) is 11.3 Å². The van der Waals surface area contributed by atoms with Crippen molar-refractivity contribution in [3.8, 4) is 6.07 Å². The minimum absolute atomic E-state index is 0.726. The zero-order chi connectivity index (χ0) is 11.4. The third-order valence-electron chi connectivity index (χ3n) is 1.51. The van der Waals surface area contributed by atoms with E-state index < -0.39 is 22.3 Å². The Morgan fingerprint density at radius 1 is 1.64 bits per heavy atom. The molecule has 0 saturated carbocycles. The molecule has 0 bridgehead atoms. The van der Waals surface area contributed by atoms with E-state index >= 15 is 0 Å². The second-order valence-corrected chi connectivity index (χ2v) is 4.15. The van der Waals surface area contributed by atoms with Crippen LogP contribution in [0.3, 0.4) is 0 Å². The number of nitriles is 1. The van der Waals surface area contributed by atoms with Crippen molar-refractivity contribution in [2.75, 3.05) is 14.2 Å². The van der Waals surface area contributed by atoms with Crippen LogP contribution in [0.5, 0.6) is 0 Å². The van der Waals surface area contributed by atoms with Crippen LogP contribution in [-0.4, -0.2) is 39.0 Å². The van der Waals surface area contributed by atoms with Crippen LogP contribution in [0.2, 0.25) is 0 Å². The van der Waals surface area contributed by atoms with Crippen molar-refractivity contribution < 1.29 is 17.9 Å². The molecule has 0 heterocycles. The first-order valence-corrected chi connectivity index (χ1v) is 5.02. The predicted molar refractivity (Wildman–Crippen MR) is 47.3 cm³/mol. The third-order valence-corrected chi connectivity index (χ3v) is 3.01. The topological polar surface area (TPSA) is 99.5 Å². The predicted octanol–water partition coefficient (Wildman–Crippen LogP) is -0.569. The number of methoxy groups -OCH3 is 1. The normalized spacial score (nSPS) is 13.1. The van der Waals surface area contributed by atoms with Crippen LogP contribution in [0.15, 0.2) is 0 Å². The van der Waals surface area contributed by atoms with Gasteiger partial charge in [0.2, 0.25) is 0 Å². The van der Waals surface area contributed by atoms with E-state index in [2.05, 4.69) is 4.74 Å². The number of nitrogens with one attached hydrogen (secondary N) is 1. The molecule has 1 atom stereocenters. The molecule has 14 heavy (non-hydrogen) atoms. The number of rotatable bonds is 3. The number of carbonyl (C=O) groups is 1. The molecule has 0 saturated heterocycles. The molecule has 8 heteroatoms. The summed E-state index contributed by atoms with van der Waals surface area (Å²) in [7, 11) is -1.78. The first-order chi connectivity index (χ1) is 6.35. The van der Waals surface area contributed by atoms with Gasteiger partial charge in [-0.05, 0) is 6.92 Å². The Morgan fingerprint density at radius 2 is 2.14 bits per heavy atom. The van der Waals surface area contributed by atoms with Gasteiger partial charge in [-0.15, -0.1) is 0 Å². The van der Waals surface area contributed by atoms with Gasteiger partial charge in [0.1, 0.15) is 6.04 Å². The van der Waals surface area contributed by atoms with E-state index in [1.165, 1.54) is 14.0 Å². The first-order valence-electron chi connectivity index (χ1n) is 3.58. The highest BCUT2D eigenvalue weighted by atomic mass is 32.2. The summed E-state index contributed by atoms with van der Waals surface area (Å²) < 4.78 is 29.0. The minimum atomic E-state index is -4.00. The molecule has 1 N–H and O–H groups in total. The molecule has 80 valence electrons. The second kappa shape index (κ2) is 4.78. The second-order valence-electron chi connectivity index (χ2n) is 2.42. The van der Waals surface area contributed by atoms with Gasteiger partial charge in [0, 0.05) is 7.05 Å². The molecule has 1 amide bonds. The SMILES string of the molecule is COC(=O)NS(=O)(=O)N(C)C(C)C#N. The average Bonchev–Trinajstić information content (AvgIpc) is 2.14. The van der Waals surface area contributed by atoms with Crippen molar-refractivity contribution in [1.82, 2.24) is 9.03 Å². The van der Waals surface area contributed by atoms with E-state index in [1.54, 1.807) is 10.8 Å². The number of hydrogen-bond acceptors (Lipinski definition) is 5. The molecule has 0 aliphatic rings. The highest BCUT2D eigenvalue weighted by molar-refractivity contribution is 7.87. The average molecular weight is 221 g/mol. The van der Waals surface area contributed by atoms with Crippen molar-refractivity contribution in [3.05, 3.63) is 0 Å². The van der Waals surface area contributed by atoms with Crippen LogP contribution in [0.25, 0.3) is 0 Å². The standard InChI is InChI=1S/C6H11N3O4S/c1-5(4-7)9(2)14(11,12)8-6(10)13-3/h5H,1-3H3,(H,8,10). The van der Waals surface area contributed by atoms with Crippen molar-refractivity contribution in [3.63, 3.8) is 0 Å². The molecule has 0 radical (unpaired) electrons. The van der Waals surface area contributed by atoms with Crippen LogP contribution >= 0.6 is 0 Å². The fourth-order valence-electron chi connectivity index (χ4n) is 0.508. The maximum atomic E-state index is 11.3. The number of ether oxygens (including phenoxy) is 1. The quantitative estimate of drug-likeness (QED) is 0.688. The summed E-state index contributed by atoms with van der Waals surface area (Å²) in [6, 6.07) is 0.853. The van der Waals surface area contributed by atoms with E-state index in [0.717, 1.165) is 11.4 Å². The van der Waals surface area contributed by atoms with Gasteiger partial charge in [0.15, 0.2) is 0 Å². The Kier molecular flexibility index (Phi) is 4.33. The number of carbonyl (C=O) groups excluding carboxylic acids is 1. The Balaban J connectivity index is 4.65. The smallest absolute Gasteiger partial charge is 0.421 e. The summed E-state index contributed by atoms with van der Waals surface area (Å²) >= 11 is 0.